The number of halogens is 4. The summed E-state index contributed by atoms with van der Waals surface area (Å²) in [6.45, 7) is 10.3. The number of hydrogen-bond donors (Lipinski definition) is 2. The molecule has 15 heteroatoms. The van der Waals surface area contributed by atoms with Crippen LogP contribution in [0.4, 0.5) is 28.8 Å². The summed E-state index contributed by atoms with van der Waals surface area (Å²) in [5.41, 5.74) is -1.37. The molecule has 1 amide bonds. The van der Waals surface area contributed by atoms with Gasteiger partial charge in [-0.2, -0.15) is 15.2 Å². The lowest BCUT2D eigenvalue weighted by Crippen LogP contribution is -2.50. The number of ether oxygens (including phenoxy) is 2. The Bertz CT molecular complexity index is 2050. The summed E-state index contributed by atoms with van der Waals surface area (Å²) in [6, 6.07) is 6.11. The molecule has 0 unspecified atom stereocenters. The number of amides is 1. The molecule has 3 saturated heterocycles. The van der Waals surface area contributed by atoms with Crippen LogP contribution in [0.3, 0.4) is 0 Å². The maximum atomic E-state index is 17.1. The molecule has 0 bridgehead atoms. The van der Waals surface area contributed by atoms with Gasteiger partial charge in [0, 0.05) is 55.0 Å². The highest BCUT2D eigenvalue weighted by Crippen LogP contribution is 2.47. The van der Waals surface area contributed by atoms with Gasteiger partial charge in [0.1, 0.15) is 46.6 Å². The summed E-state index contributed by atoms with van der Waals surface area (Å²) in [4.78, 5) is 26.1. The molecule has 2 aromatic heterocycles. The molecule has 4 aromatic rings. The number of alkyl halides is 1. The molecule has 3 atom stereocenters. The number of nitrogens with one attached hydrogen (secondary N) is 2. The average molecular weight is 728 g/mol. The van der Waals surface area contributed by atoms with Gasteiger partial charge in [-0.15, -0.1) is 11.3 Å². The molecule has 5 heterocycles. The van der Waals surface area contributed by atoms with Gasteiger partial charge in [-0.3, -0.25) is 10.2 Å². The first-order valence-corrected chi connectivity index (χ1v) is 17.8. The average Bonchev–Trinajstić information content (AvgIpc) is 3.70. The molecule has 2 N–H and O–H groups in total. The van der Waals surface area contributed by atoms with E-state index in [-0.39, 0.29) is 61.0 Å². The number of hydrogen-bond acceptors (Lipinski definition) is 10. The van der Waals surface area contributed by atoms with Gasteiger partial charge in [0.25, 0.3) is 0 Å². The predicted octanol–water partition coefficient (Wildman–Crippen LogP) is 7.42. The fourth-order valence-corrected chi connectivity index (χ4v) is 8.83. The number of fused-ring (bicyclic) bond motifs is 3. The molecule has 3 aliphatic heterocycles. The minimum Gasteiger partial charge on any atom is -0.461 e. The SMILES string of the molecule is C[C@H]1CNCCN1c1nc(OC[C@@]23CCCN2C[C@H](F)C3)nc2c(F)c(-c3ccc(F)c4sc(NC(=O)OC(C)(C)C)c(C#N)c34)c(Cl)cc12. The zero-order valence-electron chi connectivity index (χ0n) is 28.1. The van der Waals surface area contributed by atoms with E-state index in [1.54, 1.807) is 26.8 Å². The number of carbonyl (C=O) groups is 1. The molecule has 0 spiro atoms. The molecule has 0 radical (unpaired) electrons. The highest BCUT2D eigenvalue weighted by atomic mass is 35.5. The molecule has 7 rings (SSSR count). The molecule has 10 nitrogen and oxygen atoms in total. The Balaban J connectivity index is 1.37. The summed E-state index contributed by atoms with van der Waals surface area (Å²) in [6.07, 6.45) is 0.298. The van der Waals surface area contributed by atoms with E-state index in [0.29, 0.717) is 43.8 Å². The topological polar surface area (TPSA) is 116 Å². The second-order valence-corrected chi connectivity index (χ2v) is 15.7. The van der Waals surface area contributed by atoms with E-state index in [0.717, 1.165) is 30.7 Å². The van der Waals surface area contributed by atoms with Crippen molar-refractivity contribution in [1.82, 2.24) is 20.2 Å². The summed E-state index contributed by atoms with van der Waals surface area (Å²) in [5, 5.41) is 16.6. The van der Waals surface area contributed by atoms with Crippen molar-refractivity contribution in [3.63, 3.8) is 0 Å². The molecule has 264 valence electrons. The number of anilines is 2. The Labute approximate surface area is 296 Å². The van der Waals surface area contributed by atoms with Crippen molar-refractivity contribution >= 4 is 60.8 Å². The Morgan fingerprint density at radius 3 is 2.82 bits per heavy atom. The van der Waals surface area contributed by atoms with E-state index in [1.165, 1.54) is 12.1 Å². The van der Waals surface area contributed by atoms with Crippen LogP contribution in [0.25, 0.3) is 32.1 Å². The predicted molar refractivity (Wildman–Crippen MR) is 188 cm³/mol. The lowest BCUT2D eigenvalue weighted by Gasteiger charge is -2.36. The first kappa shape index (κ1) is 34.5. The van der Waals surface area contributed by atoms with Crippen LogP contribution in [0.1, 0.15) is 52.5 Å². The second kappa shape index (κ2) is 13.0. The second-order valence-electron chi connectivity index (χ2n) is 14.2. The largest absolute Gasteiger partial charge is 0.461 e. The van der Waals surface area contributed by atoms with Crippen molar-refractivity contribution in [1.29, 1.82) is 5.26 Å². The van der Waals surface area contributed by atoms with Crippen LogP contribution in [0, 0.1) is 23.0 Å². The van der Waals surface area contributed by atoms with Crippen molar-refractivity contribution in [2.24, 2.45) is 0 Å². The third-order valence-electron chi connectivity index (χ3n) is 9.63. The maximum absolute atomic E-state index is 17.1. The van der Waals surface area contributed by atoms with Gasteiger partial charge in [0.15, 0.2) is 5.82 Å². The van der Waals surface area contributed by atoms with Crippen molar-refractivity contribution < 1.29 is 27.4 Å². The highest BCUT2D eigenvalue weighted by Gasteiger charge is 2.49. The minimum absolute atomic E-state index is 0.00105. The standard InChI is InChI=1S/C35H37ClF3N7O3S/c1-18-15-41-9-11-46(18)30-21-12-23(36)26(27(39)28(21)42-32(43-30)48-17-35-8-5-10-45(35)16-19(37)13-35)20-6-7-24(38)29-25(20)22(14-40)31(50-29)44-33(47)49-34(2,3)4/h6-7,12,18-19,41H,5,8-11,13,15-17H2,1-4H3,(H,44,47)/t18-,19+,35-/m0/s1. The van der Waals surface area contributed by atoms with Crippen LogP contribution < -0.4 is 20.3 Å². The fourth-order valence-electron chi connectivity index (χ4n) is 7.46. The Hall–Kier alpha value is -3.90. The van der Waals surface area contributed by atoms with Crippen LogP contribution >= 0.6 is 22.9 Å². The molecule has 0 saturated carbocycles. The highest BCUT2D eigenvalue weighted by molar-refractivity contribution is 7.23. The molecule has 3 fully saturated rings. The van der Waals surface area contributed by atoms with E-state index < -0.39 is 35.0 Å². The Morgan fingerprint density at radius 2 is 2.08 bits per heavy atom. The number of benzene rings is 2. The summed E-state index contributed by atoms with van der Waals surface area (Å²) in [5.74, 6) is -1.02. The first-order chi connectivity index (χ1) is 23.8. The van der Waals surface area contributed by atoms with Crippen LogP contribution in [0.2, 0.25) is 5.02 Å². The zero-order valence-corrected chi connectivity index (χ0v) is 29.7. The van der Waals surface area contributed by atoms with Crippen LogP contribution in [0.15, 0.2) is 18.2 Å². The van der Waals surface area contributed by atoms with Crippen molar-refractivity contribution in [2.45, 2.75) is 70.3 Å². The summed E-state index contributed by atoms with van der Waals surface area (Å²) >= 11 is 7.73. The molecule has 50 heavy (non-hydrogen) atoms. The van der Waals surface area contributed by atoms with Gasteiger partial charge in [0.2, 0.25) is 0 Å². The van der Waals surface area contributed by atoms with Crippen molar-refractivity contribution in [2.75, 3.05) is 49.5 Å². The lowest BCUT2D eigenvalue weighted by atomic mass is 9.95. The Morgan fingerprint density at radius 1 is 1.28 bits per heavy atom. The van der Waals surface area contributed by atoms with E-state index in [2.05, 4.69) is 20.5 Å². The van der Waals surface area contributed by atoms with Gasteiger partial charge >= 0.3 is 12.1 Å². The zero-order chi connectivity index (χ0) is 35.5. The van der Waals surface area contributed by atoms with E-state index in [9.17, 15) is 14.4 Å². The summed E-state index contributed by atoms with van der Waals surface area (Å²) in [7, 11) is 0. The maximum Gasteiger partial charge on any atom is 0.412 e. The number of thiophene rings is 1. The molecular weight excluding hydrogens is 691 g/mol. The quantitative estimate of drug-likeness (QED) is 0.210. The van der Waals surface area contributed by atoms with Crippen LogP contribution in [0.5, 0.6) is 6.01 Å². The number of piperazine rings is 1. The number of nitrogens with zero attached hydrogens (tertiary/aromatic N) is 5. The summed E-state index contributed by atoms with van der Waals surface area (Å²) < 4.78 is 58.6. The van der Waals surface area contributed by atoms with Gasteiger partial charge in [-0.1, -0.05) is 17.7 Å². The van der Waals surface area contributed by atoms with Crippen molar-refractivity contribution in [3.05, 3.63) is 40.4 Å². The van der Waals surface area contributed by atoms with Gasteiger partial charge in [-0.05, 0) is 64.8 Å². The Kier molecular flexibility index (Phi) is 8.99. The number of aromatic nitrogens is 2. The molecule has 0 aliphatic carbocycles. The van der Waals surface area contributed by atoms with E-state index in [4.69, 9.17) is 26.1 Å². The number of rotatable bonds is 6. The van der Waals surface area contributed by atoms with Crippen LogP contribution in [-0.4, -0.2) is 83.6 Å². The van der Waals surface area contributed by atoms with E-state index in [1.807, 2.05) is 17.9 Å². The van der Waals surface area contributed by atoms with E-state index >= 15 is 8.78 Å². The minimum atomic E-state index is -0.946. The van der Waals surface area contributed by atoms with Gasteiger partial charge in [-0.25, -0.2) is 18.0 Å². The normalized spacial score (nSPS) is 22.6. The third kappa shape index (κ3) is 6.18. The van der Waals surface area contributed by atoms with Gasteiger partial charge in [0.05, 0.1) is 20.8 Å². The molecular formula is C35H37ClF3N7O3S. The molecule has 2 aromatic carbocycles. The van der Waals surface area contributed by atoms with Crippen LogP contribution in [-0.2, 0) is 4.74 Å². The lowest BCUT2D eigenvalue weighted by molar-refractivity contribution is 0.0636. The molecule has 3 aliphatic rings. The number of carbonyl (C=O) groups excluding carboxylic acids is 1. The van der Waals surface area contributed by atoms with Gasteiger partial charge < -0.3 is 19.7 Å². The van der Waals surface area contributed by atoms with Crippen molar-refractivity contribution in [3.8, 4) is 23.2 Å². The first-order valence-electron chi connectivity index (χ1n) is 16.6. The monoisotopic (exact) mass is 727 g/mol. The number of nitriles is 1. The third-order valence-corrected chi connectivity index (χ3v) is 11.0. The smallest absolute Gasteiger partial charge is 0.412 e. The fraction of sp³-hybridized carbons (Fsp3) is 0.486.